The zero-order chi connectivity index (χ0) is 13.1. The van der Waals surface area contributed by atoms with Crippen LogP contribution < -0.4 is 4.74 Å². The largest absolute Gasteiger partial charge is 0.497 e. The van der Waals surface area contributed by atoms with Crippen molar-refractivity contribution < 1.29 is 14.2 Å². The SMILES string of the molecule is COc1cccc(C(O)c2ccc(Cl)cc2F)c1. The minimum absolute atomic E-state index is 0.188. The number of aliphatic hydroxyl groups is 1. The maximum Gasteiger partial charge on any atom is 0.130 e. The van der Waals surface area contributed by atoms with Crippen LogP contribution in [0.1, 0.15) is 17.2 Å². The lowest BCUT2D eigenvalue weighted by Gasteiger charge is -2.13. The molecule has 1 atom stereocenters. The van der Waals surface area contributed by atoms with E-state index in [0.29, 0.717) is 16.3 Å². The molecule has 0 radical (unpaired) electrons. The topological polar surface area (TPSA) is 29.5 Å². The first-order chi connectivity index (χ1) is 8.61. The van der Waals surface area contributed by atoms with Crippen LogP contribution in [0.4, 0.5) is 4.39 Å². The highest BCUT2D eigenvalue weighted by Gasteiger charge is 2.15. The first kappa shape index (κ1) is 12.9. The predicted molar refractivity (Wildman–Crippen MR) is 68.5 cm³/mol. The van der Waals surface area contributed by atoms with Gasteiger partial charge in [-0.1, -0.05) is 29.8 Å². The molecule has 0 amide bonds. The second-order valence-electron chi connectivity index (χ2n) is 3.84. The second kappa shape index (κ2) is 5.38. The maximum atomic E-state index is 13.7. The van der Waals surface area contributed by atoms with E-state index in [4.69, 9.17) is 16.3 Å². The summed E-state index contributed by atoms with van der Waals surface area (Å²) in [6, 6.07) is 11.1. The Labute approximate surface area is 110 Å². The maximum absolute atomic E-state index is 13.7. The van der Waals surface area contributed by atoms with Crippen LogP contribution in [-0.2, 0) is 0 Å². The molecule has 0 aromatic heterocycles. The third kappa shape index (κ3) is 2.63. The summed E-state index contributed by atoms with van der Waals surface area (Å²) in [5.74, 6) is 0.0822. The Balaban J connectivity index is 2.37. The van der Waals surface area contributed by atoms with Crippen molar-refractivity contribution in [2.24, 2.45) is 0 Å². The normalized spacial score (nSPS) is 12.2. The van der Waals surface area contributed by atoms with E-state index < -0.39 is 11.9 Å². The van der Waals surface area contributed by atoms with Gasteiger partial charge in [-0.25, -0.2) is 4.39 Å². The first-order valence-corrected chi connectivity index (χ1v) is 5.76. The molecular formula is C14H12ClFO2. The summed E-state index contributed by atoms with van der Waals surface area (Å²) < 4.78 is 18.8. The fourth-order valence-corrected chi connectivity index (χ4v) is 1.87. The van der Waals surface area contributed by atoms with E-state index in [9.17, 15) is 9.50 Å². The number of aliphatic hydroxyl groups excluding tert-OH is 1. The van der Waals surface area contributed by atoms with Gasteiger partial charge in [0.1, 0.15) is 17.7 Å². The summed E-state index contributed by atoms with van der Waals surface area (Å²) in [7, 11) is 1.54. The van der Waals surface area contributed by atoms with E-state index in [1.54, 1.807) is 30.3 Å². The van der Waals surface area contributed by atoms with E-state index in [0.717, 1.165) is 0 Å². The van der Waals surface area contributed by atoms with Gasteiger partial charge in [-0.15, -0.1) is 0 Å². The molecule has 2 rings (SSSR count). The van der Waals surface area contributed by atoms with Crippen molar-refractivity contribution in [1.29, 1.82) is 0 Å². The summed E-state index contributed by atoms with van der Waals surface area (Å²) in [6.07, 6.45) is -1.04. The standard InChI is InChI=1S/C14H12ClFO2/c1-18-11-4-2-3-9(7-11)14(17)12-6-5-10(15)8-13(12)16/h2-8,14,17H,1H3. The van der Waals surface area contributed by atoms with Crippen LogP contribution >= 0.6 is 11.6 Å². The number of hydrogen-bond donors (Lipinski definition) is 1. The minimum atomic E-state index is -1.04. The van der Waals surface area contributed by atoms with E-state index in [1.807, 2.05) is 0 Å². The molecular weight excluding hydrogens is 255 g/mol. The fourth-order valence-electron chi connectivity index (χ4n) is 1.71. The molecule has 2 nitrogen and oxygen atoms in total. The van der Waals surface area contributed by atoms with Crippen LogP contribution in [0, 0.1) is 5.82 Å². The monoisotopic (exact) mass is 266 g/mol. The smallest absolute Gasteiger partial charge is 0.130 e. The third-order valence-corrected chi connectivity index (χ3v) is 2.90. The van der Waals surface area contributed by atoms with Crippen molar-refractivity contribution >= 4 is 11.6 Å². The summed E-state index contributed by atoms with van der Waals surface area (Å²) in [4.78, 5) is 0. The number of ether oxygens (including phenoxy) is 1. The van der Waals surface area contributed by atoms with Crippen LogP contribution in [-0.4, -0.2) is 12.2 Å². The Morgan fingerprint density at radius 2 is 2.00 bits per heavy atom. The summed E-state index contributed by atoms with van der Waals surface area (Å²) >= 11 is 5.67. The molecule has 2 aromatic carbocycles. The average Bonchev–Trinajstić information content (AvgIpc) is 2.38. The Hall–Kier alpha value is -1.58. The van der Waals surface area contributed by atoms with Gasteiger partial charge in [-0.2, -0.15) is 0 Å². The van der Waals surface area contributed by atoms with Gasteiger partial charge in [0.25, 0.3) is 0 Å². The number of halogens is 2. The van der Waals surface area contributed by atoms with Crippen molar-refractivity contribution in [3.63, 3.8) is 0 Å². The highest BCUT2D eigenvalue weighted by Crippen LogP contribution is 2.28. The molecule has 18 heavy (non-hydrogen) atoms. The fraction of sp³-hybridized carbons (Fsp3) is 0.143. The molecule has 0 aliphatic carbocycles. The minimum Gasteiger partial charge on any atom is -0.497 e. The molecule has 0 saturated carbocycles. The Morgan fingerprint density at radius 3 is 2.67 bits per heavy atom. The lowest BCUT2D eigenvalue weighted by molar-refractivity contribution is 0.214. The second-order valence-corrected chi connectivity index (χ2v) is 4.28. The predicted octanol–water partition coefficient (Wildman–Crippen LogP) is 3.57. The van der Waals surface area contributed by atoms with E-state index in [2.05, 4.69) is 0 Å². The van der Waals surface area contributed by atoms with Crippen LogP contribution in [0.5, 0.6) is 5.75 Å². The van der Waals surface area contributed by atoms with Gasteiger partial charge in [-0.05, 0) is 29.8 Å². The Bertz CT molecular complexity index is 557. The molecule has 0 fully saturated rings. The zero-order valence-electron chi connectivity index (χ0n) is 9.73. The van der Waals surface area contributed by atoms with Gasteiger partial charge in [0, 0.05) is 10.6 Å². The van der Waals surface area contributed by atoms with Crippen molar-refractivity contribution in [2.45, 2.75) is 6.10 Å². The van der Waals surface area contributed by atoms with E-state index >= 15 is 0 Å². The van der Waals surface area contributed by atoms with Gasteiger partial charge in [0.05, 0.1) is 7.11 Å². The molecule has 0 bridgehead atoms. The average molecular weight is 267 g/mol. The van der Waals surface area contributed by atoms with Crippen molar-refractivity contribution in [3.8, 4) is 5.75 Å². The molecule has 94 valence electrons. The lowest BCUT2D eigenvalue weighted by Crippen LogP contribution is -2.02. The molecule has 0 heterocycles. The Kier molecular flexibility index (Phi) is 3.84. The first-order valence-electron chi connectivity index (χ1n) is 5.39. The van der Waals surface area contributed by atoms with Gasteiger partial charge >= 0.3 is 0 Å². The van der Waals surface area contributed by atoms with Crippen LogP contribution in [0.2, 0.25) is 5.02 Å². The Morgan fingerprint density at radius 1 is 1.22 bits per heavy atom. The number of methoxy groups -OCH3 is 1. The van der Waals surface area contributed by atoms with Gasteiger partial charge < -0.3 is 9.84 Å². The number of hydrogen-bond acceptors (Lipinski definition) is 2. The lowest BCUT2D eigenvalue weighted by atomic mass is 10.0. The van der Waals surface area contributed by atoms with E-state index in [1.165, 1.54) is 19.2 Å². The number of benzene rings is 2. The summed E-state index contributed by atoms with van der Waals surface area (Å²) in [6.45, 7) is 0. The zero-order valence-corrected chi connectivity index (χ0v) is 10.5. The molecule has 0 aliphatic rings. The molecule has 0 spiro atoms. The molecule has 0 aliphatic heterocycles. The van der Waals surface area contributed by atoms with Gasteiger partial charge in [0.2, 0.25) is 0 Å². The van der Waals surface area contributed by atoms with Gasteiger partial charge in [-0.3, -0.25) is 0 Å². The molecule has 0 saturated heterocycles. The van der Waals surface area contributed by atoms with Crippen molar-refractivity contribution in [2.75, 3.05) is 7.11 Å². The van der Waals surface area contributed by atoms with Gasteiger partial charge in [0.15, 0.2) is 0 Å². The molecule has 2 aromatic rings. The molecule has 1 unspecified atom stereocenters. The van der Waals surface area contributed by atoms with Crippen LogP contribution in [0.25, 0.3) is 0 Å². The molecule has 1 N–H and O–H groups in total. The summed E-state index contributed by atoms with van der Waals surface area (Å²) in [5, 5.41) is 10.4. The summed E-state index contributed by atoms with van der Waals surface area (Å²) in [5.41, 5.74) is 0.753. The van der Waals surface area contributed by atoms with Crippen LogP contribution in [0.15, 0.2) is 42.5 Å². The van der Waals surface area contributed by atoms with Crippen molar-refractivity contribution in [3.05, 3.63) is 64.4 Å². The highest BCUT2D eigenvalue weighted by molar-refractivity contribution is 6.30. The third-order valence-electron chi connectivity index (χ3n) is 2.67. The molecule has 4 heteroatoms. The van der Waals surface area contributed by atoms with Crippen LogP contribution in [0.3, 0.4) is 0 Å². The number of rotatable bonds is 3. The quantitative estimate of drug-likeness (QED) is 0.920. The van der Waals surface area contributed by atoms with Crippen molar-refractivity contribution in [1.82, 2.24) is 0 Å². The van der Waals surface area contributed by atoms with E-state index in [-0.39, 0.29) is 5.56 Å². The highest BCUT2D eigenvalue weighted by atomic mass is 35.5.